The van der Waals surface area contributed by atoms with Gasteiger partial charge in [-0.05, 0) is 87.5 Å². The average Bonchev–Trinajstić information content (AvgIpc) is 2.86. The number of likely N-dealkylation sites (tertiary alicyclic amines) is 1. The third kappa shape index (κ3) is 4.92. The third-order valence-corrected chi connectivity index (χ3v) is 9.77. The number of hydrogen-bond acceptors (Lipinski definition) is 7. The highest BCUT2D eigenvalue weighted by Gasteiger charge is 2.48. The van der Waals surface area contributed by atoms with E-state index in [0.717, 1.165) is 58.4 Å². The van der Waals surface area contributed by atoms with Gasteiger partial charge in [0.25, 0.3) is 0 Å². The first kappa shape index (κ1) is 26.3. The van der Waals surface area contributed by atoms with Gasteiger partial charge in [-0.1, -0.05) is 11.6 Å². The Morgan fingerprint density at radius 1 is 1.16 bits per heavy atom. The van der Waals surface area contributed by atoms with Gasteiger partial charge in [0.1, 0.15) is 23.0 Å². The summed E-state index contributed by atoms with van der Waals surface area (Å²) in [6.45, 7) is 11.6. The van der Waals surface area contributed by atoms with Crippen molar-refractivity contribution in [2.75, 3.05) is 50.7 Å². The lowest BCUT2D eigenvalue weighted by molar-refractivity contribution is -0.0435. The predicted molar refractivity (Wildman–Crippen MR) is 147 cm³/mol. The number of nitrogens with zero attached hydrogens (tertiary/aromatic N) is 5. The van der Waals surface area contributed by atoms with Gasteiger partial charge in [0.2, 0.25) is 0 Å². The van der Waals surface area contributed by atoms with Crippen molar-refractivity contribution in [2.45, 2.75) is 58.2 Å². The molecule has 1 aromatic heterocycles. The molecule has 8 nitrogen and oxygen atoms in total. The molecule has 0 aliphatic carbocycles. The fourth-order valence-corrected chi connectivity index (χ4v) is 6.83. The quantitative estimate of drug-likeness (QED) is 0.426. The zero-order valence-electron chi connectivity index (χ0n) is 22.1. The fourth-order valence-electron chi connectivity index (χ4n) is 6.34. The van der Waals surface area contributed by atoms with Gasteiger partial charge in [0.05, 0.1) is 9.50 Å². The summed E-state index contributed by atoms with van der Waals surface area (Å²) < 4.78 is 27.5. The highest BCUT2D eigenvalue weighted by molar-refractivity contribution is 9.10. The second-order valence-corrected chi connectivity index (χ2v) is 13.5. The van der Waals surface area contributed by atoms with Gasteiger partial charge in [-0.25, -0.2) is 9.18 Å². The number of carbonyl (C=O) groups excluding carboxylic acids is 1. The zero-order chi connectivity index (χ0) is 26.8. The van der Waals surface area contributed by atoms with Crippen molar-refractivity contribution in [2.24, 2.45) is 11.3 Å². The van der Waals surface area contributed by atoms with Crippen LogP contribution in [0, 0.1) is 17.2 Å². The number of piperidine rings is 4. The topological polar surface area (TPSA) is 71.0 Å². The number of anilines is 1. The number of ether oxygens (including phenoxy) is 2. The number of hydrogen-bond donors (Lipinski definition) is 0. The molecule has 5 aliphatic rings. The van der Waals surface area contributed by atoms with E-state index in [2.05, 4.69) is 30.7 Å². The number of amides is 1. The minimum Gasteiger partial charge on any atom is -0.458 e. The molecule has 1 spiro atoms. The Bertz CT molecular complexity index is 1250. The summed E-state index contributed by atoms with van der Waals surface area (Å²) in [4.78, 5) is 28.2. The minimum atomic E-state index is -0.504. The molecule has 6 heterocycles. The van der Waals surface area contributed by atoms with Crippen molar-refractivity contribution in [3.8, 4) is 6.01 Å². The summed E-state index contributed by atoms with van der Waals surface area (Å²) >= 11 is 9.63. The highest BCUT2D eigenvalue weighted by Crippen LogP contribution is 2.44. The van der Waals surface area contributed by atoms with E-state index >= 15 is 4.39 Å². The van der Waals surface area contributed by atoms with E-state index in [1.807, 2.05) is 20.8 Å². The average molecular weight is 611 g/mol. The van der Waals surface area contributed by atoms with E-state index in [-0.39, 0.29) is 38.6 Å². The van der Waals surface area contributed by atoms with Crippen LogP contribution in [0.5, 0.6) is 6.01 Å². The SMILES string of the molecule is CC(C)(C)OC(=O)N1CC2(CCN(c3nc(OC4CN5CCC4CC5)nc4c(F)c(Br)c(Cl)cc34)CC2)C1. The fraction of sp³-hybridized carbons (Fsp3) is 0.667. The van der Waals surface area contributed by atoms with Crippen LogP contribution in [-0.2, 0) is 4.74 Å². The maximum atomic E-state index is 15.4. The van der Waals surface area contributed by atoms with Crippen molar-refractivity contribution >= 4 is 50.3 Å². The smallest absolute Gasteiger partial charge is 0.410 e. The molecule has 11 heteroatoms. The molecule has 5 aliphatic heterocycles. The molecule has 1 aromatic carbocycles. The van der Waals surface area contributed by atoms with Crippen LogP contribution >= 0.6 is 27.5 Å². The lowest BCUT2D eigenvalue weighted by atomic mass is 9.72. The lowest BCUT2D eigenvalue weighted by Crippen LogP contribution is -2.62. The largest absolute Gasteiger partial charge is 0.458 e. The van der Waals surface area contributed by atoms with Gasteiger partial charge in [-0.15, -0.1) is 0 Å². The van der Waals surface area contributed by atoms with Crippen LogP contribution < -0.4 is 9.64 Å². The highest BCUT2D eigenvalue weighted by atomic mass is 79.9. The van der Waals surface area contributed by atoms with Crippen LogP contribution in [0.2, 0.25) is 5.02 Å². The third-order valence-electron chi connectivity index (χ3n) is 8.47. The first-order valence-electron chi connectivity index (χ1n) is 13.5. The monoisotopic (exact) mass is 609 g/mol. The Morgan fingerprint density at radius 3 is 2.45 bits per heavy atom. The summed E-state index contributed by atoms with van der Waals surface area (Å²) in [7, 11) is 0. The van der Waals surface area contributed by atoms with E-state index in [4.69, 9.17) is 26.1 Å². The van der Waals surface area contributed by atoms with E-state index in [9.17, 15) is 4.79 Å². The molecule has 2 bridgehead atoms. The molecule has 1 atom stereocenters. The van der Waals surface area contributed by atoms with Gasteiger partial charge in [-0.3, -0.25) is 4.90 Å². The number of rotatable bonds is 3. The van der Waals surface area contributed by atoms with Crippen LogP contribution in [0.4, 0.5) is 15.0 Å². The number of halogens is 3. The van der Waals surface area contributed by atoms with Crippen LogP contribution in [0.1, 0.15) is 46.5 Å². The summed E-state index contributed by atoms with van der Waals surface area (Å²) in [6.07, 6.45) is 3.78. The molecule has 1 amide bonds. The molecule has 5 saturated heterocycles. The maximum absolute atomic E-state index is 15.4. The van der Waals surface area contributed by atoms with Crippen molar-refractivity contribution in [1.82, 2.24) is 19.8 Å². The first-order valence-corrected chi connectivity index (χ1v) is 14.6. The van der Waals surface area contributed by atoms with E-state index in [1.54, 1.807) is 11.0 Å². The lowest BCUT2D eigenvalue weighted by Gasteiger charge is -2.53. The van der Waals surface area contributed by atoms with Gasteiger partial charge < -0.3 is 19.3 Å². The van der Waals surface area contributed by atoms with Crippen LogP contribution in [-0.4, -0.2) is 83.4 Å². The molecule has 206 valence electrons. The number of carbonyl (C=O) groups is 1. The van der Waals surface area contributed by atoms with Gasteiger partial charge in [0.15, 0.2) is 5.82 Å². The molecule has 0 radical (unpaired) electrons. The number of aromatic nitrogens is 2. The van der Waals surface area contributed by atoms with Crippen molar-refractivity contribution in [3.05, 3.63) is 21.4 Å². The summed E-state index contributed by atoms with van der Waals surface area (Å²) in [5.41, 5.74) is -0.211. The van der Waals surface area contributed by atoms with Crippen LogP contribution in [0.3, 0.4) is 0 Å². The van der Waals surface area contributed by atoms with Crippen LogP contribution in [0.25, 0.3) is 10.9 Å². The Kier molecular flexibility index (Phi) is 6.67. The molecule has 38 heavy (non-hydrogen) atoms. The van der Waals surface area contributed by atoms with Crippen molar-refractivity contribution in [3.63, 3.8) is 0 Å². The van der Waals surface area contributed by atoms with Gasteiger partial charge in [-0.2, -0.15) is 9.97 Å². The Morgan fingerprint density at radius 2 is 1.84 bits per heavy atom. The molecular weight excluding hydrogens is 577 g/mol. The molecule has 2 aromatic rings. The van der Waals surface area contributed by atoms with E-state index < -0.39 is 11.4 Å². The van der Waals surface area contributed by atoms with Crippen LogP contribution in [0.15, 0.2) is 10.5 Å². The molecule has 0 saturated carbocycles. The second-order valence-electron chi connectivity index (χ2n) is 12.3. The molecular formula is C27H34BrClFN5O3. The Labute approximate surface area is 235 Å². The summed E-state index contributed by atoms with van der Waals surface area (Å²) in [5, 5.41) is 0.864. The Balaban J connectivity index is 1.23. The summed E-state index contributed by atoms with van der Waals surface area (Å²) in [6, 6.07) is 1.95. The maximum Gasteiger partial charge on any atom is 0.410 e. The second kappa shape index (κ2) is 9.63. The van der Waals surface area contributed by atoms with Crippen molar-refractivity contribution in [1.29, 1.82) is 0 Å². The zero-order valence-corrected chi connectivity index (χ0v) is 24.4. The Hall–Kier alpha value is -1.91. The summed E-state index contributed by atoms with van der Waals surface area (Å²) in [5.74, 6) is 0.624. The normalized spacial score (nSPS) is 26.5. The van der Waals surface area contributed by atoms with Gasteiger partial charge >= 0.3 is 12.1 Å². The number of fused-ring (bicyclic) bond motifs is 4. The molecule has 1 unspecified atom stereocenters. The predicted octanol–water partition coefficient (Wildman–Crippen LogP) is 5.50. The molecule has 0 N–H and O–H groups in total. The molecule has 5 fully saturated rings. The number of benzene rings is 1. The first-order chi connectivity index (χ1) is 18.0. The van der Waals surface area contributed by atoms with E-state index in [0.29, 0.717) is 30.2 Å². The van der Waals surface area contributed by atoms with E-state index in [1.165, 1.54) is 0 Å². The van der Waals surface area contributed by atoms with Gasteiger partial charge in [0, 0.05) is 43.5 Å². The standard InChI is InChI=1S/C27H34BrClFN5O3/c1-26(2,3)38-25(36)35-14-27(15-35)6-10-34(11-7-27)23-17-12-18(29)20(28)21(30)22(17)31-24(32-23)37-19-13-33-8-4-16(19)5-9-33/h12,16,19H,4-11,13-15H2,1-3H3. The van der Waals surface area contributed by atoms with Crippen molar-refractivity contribution < 1.29 is 18.7 Å². The molecule has 7 rings (SSSR count). The minimum absolute atomic E-state index is 0.0139.